The van der Waals surface area contributed by atoms with Crippen LogP contribution in [0.15, 0.2) is 24.3 Å². The Kier molecular flexibility index (Phi) is 10.5. The second-order valence-electron chi connectivity index (χ2n) is 4.28. The molecule has 1 rings (SSSR count). The highest BCUT2D eigenvalue weighted by molar-refractivity contribution is 7.80. The van der Waals surface area contributed by atoms with Crippen LogP contribution < -0.4 is 10.5 Å². The molecule has 1 atom stereocenters. The minimum Gasteiger partial charge on any atom is -0.494 e. The van der Waals surface area contributed by atoms with Crippen molar-refractivity contribution in [3.05, 3.63) is 29.8 Å². The van der Waals surface area contributed by atoms with Gasteiger partial charge in [-0.25, -0.2) is 0 Å². The zero-order valence-corrected chi connectivity index (χ0v) is 12.6. The van der Waals surface area contributed by atoms with Crippen molar-refractivity contribution in [3.8, 4) is 11.8 Å². The summed E-state index contributed by atoms with van der Waals surface area (Å²) in [6, 6.07) is 9.48. The highest BCUT2D eigenvalue weighted by Crippen LogP contribution is 2.12. The van der Waals surface area contributed by atoms with E-state index in [0.29, 0.717) is 12.2 Å². The Morgan fingerprint density at radius 2 is 1.89 bits per heavy atom. The van der Waals surface area contributed by atoms with Crippen LogP contribution in [0.4, 0.5) is 0 Å². The Hall–Kier alpha value is -0.890. The maximum absolute atomic E-state index is 8.66. The third-order valence-corrected chi connectivity index (χ3v) is 3.17. The van der Waals surface area contributed by atoms with Crippen molar-refractivity contribution < 1.29 is 4.74 Å². The van der Waals surface area contributed by atoms with E-state index in [9.17, 15) is 0 Å². The third kappa shape index (κ3) is 7.99. The molecule has 0 unspecified atom stereocenters. The van der Waals surface area contributed by atoms with E-state index in [1.807, 2.05) is 12.1 Å². The zero-order valence-electron chi connectivity index (χ0n) is 10.9. The van der Waals surface area contributed by atoms with Gasteiger partial charge in [-0.3, -0.25) is 0 Å². The largest absolute Gasteiger partial charge is 0.494 e. The molecule has 0 fully saturated rings. The van der Waals surface area contributed by atoms with Gasteiger partial charge in [0.2, 0.25) is 0 Å². The summed E-state index contributed by atoms with van der Waals surface area (Å²) in [7, 11) is 0. The summed E-state index contributed by atoms with van der Waals surface area (Å²) in [5.74, 6) is 1.57. The molecule has 3 nitrogen and oxygen atoms in total. The van der Waals surface area contributed by atoms with Gasteiger partial charge in [-0.15, -0.1) is 12.4 Å². The average Bonchev–Trinajstić information content (AvgIpc) is 2.43. The first kappa shape index (κ1) is 18.1. The Morgan fingerprint density at radius 1 is 1.21 bits per heavy atom. The van der Waals surface area contributed by atoms with Gasteiger partial charge >= 0.3 is 0 Å². The first-order valence-corrected chi connectivity index (χ1v) is 6.89. The smallest absolute Gasteiger partial charge is 0.119 e. The Labute approximate surface area is 127 Å². The van der Waals surface area contributed by atoms with E-state index in [1.54, 1.807) is 12.1 Å². The predicted molar refractivity (Wildman–Crippen MR) is 84.2 cm³/mol. The van der Waals surface area contributed by atoms with Crippen LogP contribution in [-0.2, 0) is 0 Å². The van der Waals surface area contributed by atoms with Crippen molar-refractivity contribution in [2.75, 3.05) is 12.4 Å². The molecule has 1 aromatic rings. The number of thiol groups is 1. The molecule has 0 spiro atoms. The van der Waals surface area contributed by atoms with E-state index < -0.39 is 0 Å². The molecule has 0 aliphatic heterocycles. The highest BCUT2D eigenvalue weighted by Gasteiger charge is 1.99. The molecular formula is C14H21ClN2OS. The van der Waals surface area contributed by atoms with Gasteiger partial charge in [0.05, 0.1) is 18.2 Å². The van der Waals surface area contributed by atoms with Crippen molar-refractivity contribution >= 4 is 25.0 Å². The van der Waals surface area contributed by atoms with Crippen LogP contribution in [-0.4, -0.2) is 18.4 Å². The molecular weight excluding hydrogens is 280 g/mol. The second kappa shape index (κ2) is 11.0. The Bertz CT molecular complexity index is 378. The number of hydrogen-bond donors (Lipinski definition) is 2. The molecule has 0 saturated carbocycles. The van der Waals surface area contributed by atoms with Crippen molar-refractivity contribution in [1.29, 1.82) is 5.26 Å². The first-order chi connectivity index (χ1) is 8.76. The lowest BCUT2D eigenvalue weighted by atomic mass is 10.1. The fourth-order valence-electron chi connectivity index (χ4n) is 1.59. The second-order valence-corrected chi connectivity index (χ2v) is 4.64. The van der Waals surface area contributed by atoms with E-state index in [2.05, 4.69) is 18.7 Å². The van der Waals surface area contributed by atoms with Gasteiger partial charge in [-0.05, 0) is 37.1 Å². The molecule has 19 heavy (non-hydrogen) atoms. The van der Waals surface area contributed by atoms with Crippen molar-refractivity contribution in [2.45, 2.75) is 31.7 Å². The zero-order chi connectivity index (χ0) is 13.2. The van der Waals surface area contributed by atoms with E-state index in [1.165, 1.54) is 0 Å². The molecule has 2 N–H and O–H groups in total. The molecule has 1 aromatic carbocycles. The van der Waals surface area contributed by atoms with Crippen LogP contribution in [0.1, 0.15) is 31.2 Å². The number of ether oxygens (including phenoxy) is 1. The lowest BCUT2D eigenvalue weighted by Gasteiger charge is -2.08. The van der Waals surface area contributed by atoms with Gasteiger partial charge in [-0.1, -0.05) is 12.8 Å². The minimum absolute atomic E-state index is 0. The van der Waals surface area contributed by atoms with E-state index in [-0.39, 0.29) is 18.4 Å². The molecule has 0 saturated heterocycles. The number of halogens is 1. The summed E-state index contributed by atoms with van der Waals surface area (Å²) >= 11 is 4.15. The van der Waals surface area contributed by atoms with Crippen molar-refractivity contribution in [3.63, 3.8) is 0 Å². The molecule has 0 aromatic heterocycles. The molecule has 0 heterocycles. The van der Waals surface area contributed by atoms with Crippen LogP contribution in [0, 0.1) is 11.3 Å². The quantitative estimate of drug-likeness (QED) is 0.572. The lowest BCUT2D eigenvalue weighted by molar-refractivity contribution is 0.304. The van der Waals surface area contributed by atoms with Crippen molar-refractivity contribution in [2.24, 2.45) is 5.73 Å². The number of hydrogen-bond acceptors (Lipinski definition) is 4. The molecule has 0 bridgehead atoms. The summed E-state index contributed by atoms with van der Waals surface area (Å²) in [5.41, 5.74) is 6.43. The summed E-state index contributed by atoms with van der Waals surface area (Å²) in [5, 5.41) is 8.66. The lowest BCUT2D eigenvalue weighted by Crippen LogP contribution is -2.21. The standard InChI is InChI=1S/C14H20N2OS.ClH/c15-10-12-5-7-14(8-6-12)17-9-3-1-2-4-13(16)11-18;/h5-8,13,18H,1-4,9,11,16H2;1H/t13-;/m1./s1. The molecule has 0 aliphatic carbocycles. The molecule has 0 radical (unpaired) electrons. The van der Waals surface area contributed by atoms with E-state index in [0.717, 1.165) is 37.2 Å². The van der Waals surface area contributed by atoms with E-state index >= 15 is 0 Å². The monoisotopic (exact) mass is 300 g/mol. The predicted octanol–water partition coefficient (Wildman–Crippen LogP) is 3.18. The first-order valence-electron chi connectivity index (χ1n) is 6.25. The summed E-state index contributed by atoms with van der Waals surface area (Å²) in [6.07, 6.45) is 4.30. The van der Waals surface area contributed by atoms with Gasteiger partial charge < -0.3 is 10.5 Å². The van der Waals surface area contributed by atoms with Crippen LogP contribution in [0.2, 0.25) is 0 Å². The van der Waals surface area contributed by atoms with Gasteiger partial charge in [-0.2, -0.15) is 17.9 Å². The van der Waals surface area contributed by atoms with Crippen LogP contribution >= 0.6 is 25.0 Å². The molecule has 5 heteroatoms. The summed E-state index contributed by atoms with van der Waals surface area (Å²) < 4.78 is 5.58. The Morgan fingerprint density at radius 3 is 2.47 bits per heavy atom. The van der Waals surface area contributed by atoms with Gasteiger partial charge in [0.15, 0.2) is 0 Å². The molecule has 0 aliphatic rings. The minimum atomic E-state index is 0. The summed E-state index contributed by atoms with van der Waals surface area (Å²) in [4.78, 5) is 0. The topological polar surface area (TPSA) is 59.0 Å². The van der Waals surface area contributed by atoms with Crippen LogP contribution in [0.25, 0.3) is 0 Å². The highest BCUT2D eigenvalue weighted by atomic mass is 35.5. The SMILES string of the molecule is Cl.N#Cc1ccc(OCCCCC[C@@H](N)CS)cc1. The fraction of sp³-hybridized carbons (Fsp3) is 0.500. The number of nitrogens with two attached hydrogens (primary N) is 1. The fourth-order valence-corrected chi connectivity index (χ4v) is 1.77. The van der Waals surface area contributed by atoms with E-state index in [4.69, 9.17) is 15.7 Å². The van der Waals surface area contributed by atoms with Crippen LogP contribution in [0.5, 0.6) is 5.75 Å². The third-order valence-electron chi connectivity index (χ3n) is 2.71. The number of nitriles is 1. The Balaban J connectivity index is 0.00000324. The van der Waals surface area contributed by atoms with Crippen molar-refractivity contribution in [1.82, 2.24) is 0 Å². The molecule has 0 amide bonds. The van der Waals surface area contributed by atoms with Gasteiger partial charge in [0, 0.05) is 11.8 Å². The number of rotatable bonds is 8. The van der Waals surface area contributed by atoms with Gasteiger partial charge in [0.25, 0.3) is 0 Å². The molecule has 106 valence electrons. The number of benzene rings is 1. The van der Waals surface area contributed by atoms with Crippen LogP contribution in [0.3, 0.4) is 0 Å². The number of nitrogens with zero attached hydrogens (tertiary/aromatic N) is 1. The normalized spacial score (nSPS) is 11.2. The number of unbranched alkanes of at least 4 members (excludes halogenated alkanes) is 2. The maximum atomic E-state index is 8.66. The maximum Gasteiger partial charge on any atom is 0.119 e. The average molecular weight is 301 g/mol. The van der Waals surface area contributed by atoms with Gasteiger partial charge in [0.1, 0.15) is 5.75 Å². The summed E-state index contributed by atoms with van der Waals surface area (Å²) in [6.45, 7) is 0.710.